The number of nitrogens with zero attached hydrogens (tertiary/aromatic N) is 1. The van der Waals surface area contributed by atoms with Crippen molar-refractivity contribution in [1.82, 2.24) is 5.32 Å². The van der Waals surface area contributed by atoms with Crippen LogP contribution in [0.15, 0.2) is 42.5 Å². The molecule has 0 bridgehead atoms. The van der Waals surface area contributed by atoms with Gasteiger partial charge in [0.25, 0.3) is 0 Å². The SMILES string of the molecule is CC[C@@H](C(=O)N[C@H](C)COc1ccc(OC)cc1)N(c1cc(C)cc(C)c1)S(C)(=O)=O. The van der Waals surface area contributed by atoms with Crippen LogP contribution in [0, 0.1) is 13.8 Å². The van der Waals surface area contributed by atoms with Crippen molar-refractivity contribution >= 4 is 21.6 Å². The van der Waals surface area contributed by atoms with E-state index in [9.17, 15) is 13.2 Å². The molecule has 2 aromatic rings. The molecule has 2 aromatic carbocycles. The Morgan fingerprint density at radius 1 is 1.06 bits per heavy atom. The van der Waals surface area contributed by atoms with Crippen molar-refractivity contribution in [1.29, 1.82) is 0 Å². The number of carbonyl (C=O) groups excluding carboxylic acids is 1. The van der Waals surface area contributed by atoms with Crippen molar-refractivity contribution in [3.05, 3.63) is 53.6 Å². The van der Waals surface area contributed by atoms with Crippen molar-refractivity contribution in [2.24, 2.45) is 0 Å². The summed E-state index contributed by atoms with van der Waals surface area (Å²) in [6.07, 6.45) is 1.45. The molecule has 0 fully saturated rings. The average molecular weight is 449 g/mol. The molecule has 0 spiro atoms. The summed E-state index contributed by atoms with van der Waals surface area (Å²) >= 11 is 0. The molecule has 2 atom stereocenters. The predicted molar refractivity (Wildman–Crippen MR) is 123 cm³/mol. The monoisotopic (exact) mass is 448 g/mol. The molecule has 0 heterocycles. The first-order valence-corrected chi connectivity index (χ1v) is 12.0. The quantitative estimate of drug-likeness (QED) is 0.602. The van der Waals surface area contributed by atoms with Crippen LogP contribution < -0.4 is 19.1 Å². The fraction of sp³-hybridized carbons (Fsp3) is 0.435. The topological polar surface area (TPSA) is 84.9 Å². The van der Waals surface area contributed by atoms with E-state index >= 15 is 0 Å². The van der Waals surface area contributed by atoms with Crippen molar-refractivity contribution in [2.75, 3.05) is 24.3 Å². The second-order valence-electron chi connectivity index (χ2n) is 7.72. The summed E-state index contributed by atoms with van der Waals surface area (Å²) < 4.78 is 37.3. The Hall–Kier alpha value is -2.74. The van der Waals surface area contributed by atoms with Crippen LogP contribution in [0.1, 0.15) is 31.4 Å². The lowest BCUT2D eigenvalue weighted by atomic mass is 10.1. The Morgan fingerprint density at radius 3 is 2.10 bits per heavy atom. The highest BCUT2D eigenvalue weighted by Crippen LogP contribution is 2.25. The molecule has 31 heavy (non-hydrogen) atoms. The minimum absolute atomic E-state index is 0.247. The Balaban J connectivity index is 2.13. The molecule has 0 aliphatic carbocycles. The number of aryl methyl sites for hydroxylation is 2. The minimum atomic E-state index is -3.68. The van der Waals surface area contributed by atoms with Crippen LogP contribution in [-0.2, 0) is 14.8 Å². The average Bonchev–Trinajstić information content (AvgIpc) is 2.68. The molecule has 0 radical (unpaired) electrons. The summed E-state index contributed by atoms with van der Waals surface area (Å²) in [7, 11) is -2.08. The zero-order valence-corrected chi connectivity index (χ0v) is 19.8. The van der Waals surface area contributed by atoms with Crippen molar-refractivity contribution < 1.29 is 22.7 Å². The van der Waals surface area contributed by atoms with Gasteiger partial charge in [-0.3, -0.25) is 9.10 Å². The lowest BCUT2D eigenvalue weighted by Gasteiger charge is -2.31. The van der Waals surface area contributed by atoms with E-state index in [-0.39, 0.29) is 18.6 Å². The number of nitrogens with one attached hydrogen (secondary N) is 1. The number of ether oxygens (including phenoxy) is 2. The third kappa shape index (κ3) is 6.89. The molecule has 0 saturated heterocycles. The van der Waals surface area contributed by atoms with Gasteiger partial charge in [0.1, 0.15) is 24.1 Å². The van der Waals surface area contributed by atoms with Gasteiger partial charge in [-0.15, -0.1) is 0 Å². The second kappa shape index (κ2) is 10.5. The fourth-order valence-corrected chi connectivity index (χ4v) is 4.61. The molecule has 0 unspecified atom stereocenters. The first-order chi connectivity index (χ1) is 14.5. The number of amides is 1. The van der Waals surface area contributed by atoms with E-state index in [0.29, 0.717) is 17.9 Å². The second-order valence-corrected chi connectivity index (χ2v) is 9.58. The van der Waals surface area contributed by atoms with Gasteiger partial charge in [0.05, 0.1) is 25.1 Å². The molecule has 7 nitrogen and oxygen atoms in total. The maximum atomic E-state index is 13.0. The normalized spacial score (nSPS) is 13.2. The maximum Gasteiger partial charge on any atom is 0.244 e. The molecule has 0 aliphatic rings. The summed E-state index contributed by atoms with van der Waals surface area (Å²) in [6, 6.07) is 11.5. The predicted octanol–water partition coefficient (Wildman–Crippen LogP) is 3.44. The number of methoxy groups -OCH3 is 1. The van der Waals surface area contributed by atoms with Crippen LogP contribution >= 0.6 is 0 Å². The third-order valence-corrected chi connectivity index (χ3v) is 5.92. The molecular formula is C23H32N2O5S. The summed E-state index contributed by atoms with van der Waals surface area (Å²) in [6.45, 7) is 7.66. The number of carbonyl (C=O) groups is 1. The van der Waals surface area contributed by atoms with Crippen molar-refractivity contribution in [3.8, 4) is 11.5 Å². The molecule has 1 N–H and O–H groups in total. The van der Waals surface area contributed by atoms with Gasteiger partial charge < -0.3 is 14.8 Å². The largest absolute Gasteiger partial charge is 0.497 e. The lowest BCUT2D eigenvalue weighted by Crippen LogP contribution is -2.52. The van der Waals surface area contributed by atoms with E-state index in [1.807, 2.05) is 26.8 Å². The number of hydrogen-bond acceptors (Lipinski definition) is 5. The summed E-state index contributed by atoms with van der Waals surface area (Å²) in [4.78, 5) is 13.0. The van der Waals surface area contributed by atoms with Crippen molar-refractivity contribution in [3.63, 3.8) is 0 Å². The highest BCUT2D eigenvalue weighted by molar-refractivity contribution is 7.92. The van der Waals surface area contributed by atoms with Gasteiger partial charge in [0, 0.05) is 0 Å². The number of anilines is 1. The van der Waals surface area contributed by atoms with E-state index in [0.717, 1.165) is 23.1 Å². The minimum Gasteiger partial charge on any atom is -0.497 e. The molecule has 170 valence electrons. The van der Waals surface area contributed by atoms with E-state index in [1.54, 1.807) is 50.4 Å². The summed E-state index contributed by atoms with van der Waals surface area (Å²) in [5.41, 5.74) is 2.35. The van der Waals surface area contributed by atoms with E-state index < -0.39 is 16.1 Å². The van der Waals surface area contributed by atoms with E-state index in [2.05, 4.69) is 5.32 Å². The molecule has 2 rings (SSSR count). The zero-order valence-electron chi connectivity index (χ0n) is 19.0. The van der Waals surface area contributed by atoms with Gasteiger partial charge in [-0.25, -0.2) is 8.42 Å². The number of sulfonamides is 1. The standard InChI is InChI=1S/C23H32N2O5S/c1-7-22(25(31(6,27)28)19-13-16(2)12-17(3)14-19)23(26)24-18(4)15-30-21-10-8-20(29-5)9-11-21/h8-14,18,22H,7,15H2,1-6H3,(H,24,26)/t18-,22+/m1/s1. The molecule has 0 aromatic heterocycles. The van der Waals surface area contributed by atoms with Gasteiger partial charge in [-0.05, 0) is 74.7 Å². The Morgan fingerprint density at radius 2 is 1.61 bits per heavy atom. The summed E-state index contributed by atoms with van der Waals surface area (Å²) in [5.74, 6) is 1.02. The van der Waals surface area contributed by atoms with Gasteiger partial charge >= 0.3 is 0 Å². The van der Waals surface area contributed by atoms with Crippen LogP contribution in [-0.4, -0.2) is 46.4 Å². The van der Waals surface area contributed by atoms with Gasteiger partial charge in [0.15, 0.2) is 0 Å². The number of benzene rings is 2. The Bertz CT molecular complexity index is 969. The Labute approximate surface area is 185 Å². The molecule has 0 saturated carbocycles. The highest BCUT2D eigenvalue weighted by atomic mass is 32.2. The molecular weight excluding hydrogens is 416 g/mol. The van der Waals surface area contributed by atoms with Crippen LogP contribution in [0.4, 0.5) is 5.69 Å². The Kier molecular flexibility index (Phi) is 8.33. The maximum absolute atomic E-state index is 13.0. The van der Waals surface area contributed by atoms with Gasteiger partial charge in [-0.1, -0.05) is 13.0 Å². The smallest absolute Gasteiger partial charge is 0.244 e. The van der Waals surface area contributed by atoms with Crippen LogP contribution in [0.3, 0.4) is 0 Å². The van der Waals surface area contributed by atoms with E-state index in [1.165, 1.54) is 4.31 Å². The van der Waals surface area contributed by atoms with Crippen LogP contribution in [0.25, 0.3) is 0 Å². The zero-order chi connectivity index (χ0) is 23.2. The van der Waals surface area contributed by atoms with Crippen LogP contribution in [0.2, 0.25) is 0 Å². The number of rotatable bonds is 10. The van der Waals surface area contributed by atoms with E-state index in [4.69, 9.17) is 9.47 Å². The molecule has 1 amide bonds. The van der Waals surface area contributed by atoms with Crippen molar-refractivity contribution in [2.45, 2.75) is 46.2 Å². The summed E-state index contributed by atoms with van der Waals surface area (Å²) in [5, 5.41) is 2.88. The molecule has 8 heteroatoms. The first-order valence-electron chi connectivity index (χ1n) is 10.2. The fourth-order valence-electron chi connectivity index (χ4n) is 3.41. The highest BCUT2D eigenvalue weighted by Gasteiger charge is 2.32. The van der Waals surface area contributed by atoms with Crippen LogP contribution in [0.5, 0.6) is 11.5 Å². The number of hydrogen-bond donors (Lipinski definition) is 1. The molecule has 0 aliphatic heterocycles. The third-order valence-electron chi connectivity index (χ3n) is 4.74. The van der Waals surface area contributed by atoms with Gasteiger partial charge in [-0.2, -0.15) is 0 Å². The first kappa shape index (κ1) is 24.5. The van der Waals surface area contributed by atoms with Gasteiger partial charge in [0.2, 0.25) is 15.9 Å². The lowest BCUT2D eigenvalue weighted by molar-refractivity contribution is -0.123.